The number of nitrogens with zero attached hydrogens (tertiary/aromatic N) is 4. The predicted molar refractivity (Wildman–Crippen MR) is 159 cm³/mol. The molecule has 0 N–H and O–H groups in total. The smallest absolute Gasteiger partial charge is 0.361 e. The minimum atomic E-state index is -0.636. The summed E-state index contributed by atoms with van der Waals surface area (Å²) < 4.78 is 11.2. The highest BCUT2D eigenvalue weighted by Crippen LogP contribution is 2.49. The number of carbonyl (C=O) groups is 2. The Balaban J connectivity index is 1.36. The van der Waals surface area contributed by atoms with Crippen molar-refractivity contribution < 1.29 is 28.7 Å². The number of fused-ring (bicyclic) bond motifs is 1. The van der Waals surface area contributed by atoms with E-state index in [1.807, 2.05) is 51.0 Å². The highest BCUT2D eigenvalue weighted by molar-refractivity contribution is 6.03. The Hall–Kier alpha value is -3.59. The molecule has 3 aliphatic heterocycles. The number of rotatable bonds is 10. The Morgan fingerprint density at radius 1 is 1.09 bits per heavy atom. The maximum absolute atomic E-state index is 14.7. The molecule has 1 aromatic rings. The van der Waals surface area contributed by atoms with Gasteiger partial charge in [-0.1, -0.05) is 45.4 Å². The number of imide groups is 1. The molecule has 5 aliphatic rings. The third-order valence-electron chi connectivity index (χ3n) is 9.75. The summed E-state index contributed by atoms with van der Waals surface area (Å²) in [4.78, 5) is 53.3. The van der Waals surface area contributed by atoms with Crippen molar-refractivity contribution in [2.75, 3.05) is 33.0 Å². The number of hydroxylamine groups is 2. The summed E-state index contributed by atoms with van der Waals surface area (Å²) in [6, 6.07) is 5.21. The van der Waals surface area contributed by atoms with Crippen LogP contribution in [0, 0.1) is 5.41 Å². The van der Waals surface area contributed by atoms with Crippen molar-refractivity contribution in [3.05, 3.63) is 53.3 Å². The first-order chi connectivity index (χ1) is 20.9. The van der Waals surface area contributed by atoms with E-state index in [1.165, 1.54) is 22.8 Å². The molecule has 3 heterocycles. The van der Waals surface area contributed by atoms with Crippen LogP contribution in [0.25, 0.3) is 0 Å². The lowest BCUT2D eigenvalue weighted by Crippen LogP contribution is -2.78. The van der Waals surface area contributed by atoms with Crippen LogP contribution in [0.1, 0.15) is 77.3 Å². The second-order valence-electron chi connectivity index (χ2n) is 12.1. The number of urea groups is 1. The summed E-state index contributed by atoms with van der Waals surface area (Å²) in [5.41, 5.74) is 0.478. The van der Waals surface area contributed by atoms with Crippen LogP contribution < -0.4 is 9.47 Å². The molecule has 10 heteroatoms. The van der Waals surface area contributed by atoms with Gasteiger partial charge in [-0.15, -0.1) is 5.06 Å². The van der Waals surface area contributed by atoms with E-state index in [9.17, 15) is 14.4 Å². The van der Waals surface area contributed by atoms with Gasteiger partial charge in [-0.2, -0.15) is 0 Å². The summed E-state index contributed by atoms with van der Waals surface area (Å²) >= 11 is 0. The van der Waals surface area contributed by atoms with Crippen molar-refractivity contribution in [2.45, 2.75) is 84.0 Å². The van der Waals surface area contributed by atoms with Crippen LogP contribution in [0.2, 0.25) is 0 Å². The number of ether oxygens (including phenoxy) is 2. The van der Waals surface area contributed by atoms with E-state index < -0.39 is 17.5 Å². The Kier molecular flexibility index (Phi) is 8.36. The Morgan fingerprint density at radius 2 is 1.81 bits per heavy atom. The van der Waals surface area contributed by atoms with E-state index in [4.69, 9.17) is 14.3 Å². The molecule has 1 saturated carbocycles. The van der Waals surface area contributed by atoms with E-state index in [0.29, 0.717) is 48.8 Å². The van der Waals surface area contributed by atoms with Gasteiger partial charge < -0.3 is 14.3 Å². The maximum atomic E-state index is 14.7. The number of likely N-dealkylation sites (tertiary alicyclic amines) is 1. The molecule has 2 unspecified atom stereocenters. The Bertz CT molecular complexity index is 1350. The molecule has 230 valence electrons. The molecule has 0 aromatic heterocycles. The molecule has 43 heavy (non-hydrogen) atoms. The molecule has 0 bridgehead atoms. The zero-order chi connectivity index (χ0) is 30.1. The molecule has 0 spiro atoms. The van der Waals surface area contributed by atoms with Crippen molar-refractivity contribution in [2.24, 2.45) is 5.41 Å². The van der Waals surface area contributed by atoms with Crippen LogP contribution in [0.3, 0.4) is 0 Å². The fourth-order valence-corrected chi connectivity index (χ4v) is 7.03. The fraction of sp³-hybridized carbons (Fsp3) is 0.576. The van der Waals surface area contributed by atoms with Gasteiger partial charge in [-0.05, 0) is 55.9 Å². The van der Waals surface area contributed by atoms with E-state index >= 15 is 0 Å². The normalized spacial score (nSPS) is 23.8. The van der Waals surface area contributed by atoms with Crippen molar-refractivity contribution >= 4 is 17.9 Å². The first-order valence-corrected chi connectivity index (χ1v) is 15.8. The average Bonchev–Trinajstić information content (AvgIpc) is 3.79. The summed E-state index contributed by atoms with van der Waals surface area (Å²) in [5, 5.41) is 1.31. The quantitative estimate of drug-likeness (QED) is 0.214. The lowest BCUT2D eigenvalue weighted by Gasteiger charge is -2.59. The largest absolute Gasteiger partial charge is 0.454 e. The summed E-state index contributed by atoms with van der Waals surface area (Å²) in [6.07, 6.45) is 10.4. The highest BCUT2D eigenvalue weighted by Gasteiger charge is 2.64. The molecular formula is C33H42N4O6. The van der Waals surface area contributed by atoms with Gasteiger partial charge in [0.1, 0.15) is 12.1 Å². The van der Waals surface area contributed by atoms with Gasteiger partial charge >= 0.3 is 6.03 Å². The zero-order valence-electron chi connectivity index (χ0n) is 25.4. The molecule has 2 atom stereocenters. The van der Waals surface area contributed by atoms with Crippen LogP contribution in [0.5, 0.6) is 11.5 Å². The Labute approximate surface area is 253 Å². The fourth-order valence-electron chi connectivity index (χ4n) is 7.03. The first-order valence-electron chi connectivity index (χ1n) is 15.8. The van der Waals surface area contributed by atoms with E-state index in [2.05, 4.69) is 9.80 Å². The standard InChI is InChI=1S/C33H42N4O6/c1-4-9-26(23-12-15-28-29(20-23)42-22-41-28)37(43-27-11-8-7-10-24(27)21-38)32(40)36-30(33(5-2,6-3)31(36)39)35-18-16-34(17-19-35)25-13-14-25/h7-8,11-12,15,20,25-26,30H,4-6,9-10,13-14,16-19,22H2,1-3H3. The maximum Gasteiger partial charge on any atom is 0.361 e. The van der Waals surface area contributed by atoms with Gasteiger partial charge in [0, 0.05) is 38.6 Å². The molecule has 3 amide bonds. The molecule has 1 aromatic carbocycles. The predicted octanol–water partition coefficient (Wildman–Crippen LogP) is 4.97. The third-order valence-corrected chi connectivity index (χ3v) is 9.75. The van der Waals surface area contributed by atoms with E-state index in [-0.39, 0.29) is 24.6 Å². The van der Waals surface area contributed by atoms with Crippen molar-refractivity contribution in [1.82, 2.24) is 19.8 Å². The summed E-state index contributed by atoms with van der Waals surface area (Å²) in [6.45, 7) is 9.72. The lowest BCUT2D eigenvalue weighted by molar-refractivity contribution is -0.198. The number of piperazine rings is 1. The minimum Gasteiger partial charge on any atom is -0.454 e. The number of hydrogen-bond acceptors (Lipinski definition) is 8. The monoisotopic (exact) mass is 590 g/mol. The average molecular weight is 591 g/mol. The second kappa shape index (κ2) is 12.2. The topological polar surface area (TPSA) is 91.9 Å². The van der Waals surface area contributed by atoms with Gasteiger partial charge in [0.05, 0.1) is 17.0 Å². The highest BCUT2D eigenvalue weighted by atomic mass is 16.7. The molecule has 2 saturated heterocycles. The molecule has 3 fully saturated rings. The molecular weight excluding hydrogens is 548 g/mol. The number of benzene rings is 1. The molecule has 0 radical (unpaired) electrons. The summed E-state index contributed by atoms with van der Waals surface area (Å²) in [5.74, 6) is 3.30. The van der Waals surface area contributed by atoms with Gasteiger partial charge in [0.25, 0.3) is 0 Å². The van der Waals surface area contributed by atoms with E-state index in [0.717, 1.165) is 38.2 Å². The molecule has 2 aliphatic carbocycles. The summed E-state index contributed by atoms with van der Waals surface area (Å²) in [7, 11) is 0. The third kappa shape index (κ3) is 5.26. The van der Waals surface area contributed by atoms with Crippen LogP contribution >= 0.6 is 0 Å². The van der Waals surface area contributed by atoms with Gasteiger partial charge in [-0.3, -0.25) is 14.6 Å². The second-order valence-corrected chi connectivity index (χ2v) is 12.1. The van der Waals surface area contributed by atoms with Gasteiger partial charge in [-0.25, -0.2) is 14.5 Å². The zero-order valence-corrected chi connectivity index (χ0v) is 25.4. The van der Waals surface area contributed by atoms with Gasteiger partial charge in [0.2, 0.25) is 12.7 Å². The van der Waals surface area contributed by atoms with Gasteiger partial charge in [0.15, 0.2) is 17.3 Å². The number of carbonyl (C=O) groups excluding carboxylic acids is 3. The Morgan fingerprint density at radius 3 is 2.49 bits per heavy atom. The van der Waals surface area contributed by atoms with E-state index in [1.54, 1.807) is 12.2 Å². The molecule has 6 rings (SSSR count). The number of allylic oxidation sites excluding steroid dienone is 4. The lowest BCUT2D eigenvalue weighted by atomic mass is 9.69. The number of hydrogen-bond donors (Lipinski definition) is 0. The van der Waals surface area contributed by atoms with Crippen LogP contribution in [0.4, 0.5) is 4.79 Å². The van der Waals surface area contributed by atoms with Crippen molar-refractivity contribution in [3.8, 4) is 11.5 Å². The first kappa shape index (κ1) is 29.5. The number of β-lactam (4-membered cyclic amide) rings is 1. The SMILES string of the molecule is CCCC(c1ccc2c(c1)OCO2)N(OC1=CC=CCC1=C=O)C(=O)N1C(=O)C(CC)(CC)C1N1CCN(C2CC2)CC1. The van der Waals surface area contributed by atoms with Crippen molar-refractivity contribution in [1.29, 1.82) is 0 Å². The number of amides is 3. The minimum absolute atomic E-state index is 0.136. The van der Waals surface area contributed by atoms with Crippen LogP contribution in [-0.4, -0.2) is 82.8 Å². The van der Waals surface area contributed by atoms with Crippen LogP contribution in [0.15, 0.2) is 47.8 Å². The molecule has 10 nitrogen and oxygen atoms in total. The van der Waals surface area contributed by atoms with Crippen LogP contribution in [-0.2, 0) is 14.4 Å². The van der Waals surface area contributed by atoms with Crippen molar-refractivity contribution in [3.63, 3.8) is 0 Å².